The van der Waals surface area contributed by atoms with Gasteiger partial charge in [-0.3, -0.25) is 4.57 Å². The Balaban J connectivity index is 1.41. The highest BCUT2D eigenvalue weighted by Crippen LogP contribution is 2.29. The second-order valence-electron chi connectivity index (χ2n) is 7.82. The normalized spacial score (nSPS) is 16.7. The summed E-state index contributed by atoms with van der Waals surface area (Å²) >= 11 is 0. The predicted octanol–water partition coefficient (Wildman–Crippen LogP) is 4.48. The van der Waals surface area contributed by atoms with Gasteiger partial charge in [0.05, 0.1) is 17.6 Å². The molecule has 0 aliphatic carbocycles. The van der Waals surface area contributed by atoms with Crippen LogP contribution < -0.4 is 9.47 Å². The maximum absolute atomic E-state index is 5.96. The summed E-state index contributed by atoms with van der Waals surface area (Å²) in [5.41, 5.74) is 4.79. The van der Waals surface area contributed by atoms with Crippen LogP contribution in [0.2, 0.25) is 0 Å². The fraction of sp³-hybridized carbons (Fsp3) is 0.381. The summed E-state index contributed by atoms with van der Waals surface area (Å²) in [6.07, 6.45) is -0.00417. The summed E-state index contributed by atoms with van der Waals surface area (Å²) in [5.74, 6) is 0.877. The molecule has 4 heteroatoms. The van der Waals surface area contributed by atoms with Gasteiger partial charge in [0.2, 0.25) is 0 Å². The first kappa shape index (κ1) is 16.0. The molecule has 1 aromatic heterocycles. The van der Waals surface area contributed by atoms with Gasteiger partial charge in [-0.2, -0.15) is 4.98 Å². The van der Waals surface area contributed by atoms with Gasteiger partial charge >= 0.3 is 0 Å². The Labute approximate surface area is 148 Å². The van der Waals surface area contributed by atoms with Crippen molar-refractivity contribution in [2.24, 2.45) is 0 Å². The molecule has 1 atom stereocenters. The zero-order chi connectivity index (χ0) is 17.6. The van der Waals surface area contributed by atoms with Gasteiger partial charge in [0.25, 0.3) is 6.01 Å². The van der Waals surface area contributed by atoms with E-state index in [-0.39, 0.29) is 11.5 Å². The lowest BCUT2D eigenvalue weighted by molar-refractivity contribution is 0.144. The molecule has 0 saturated carbocycles. The van der Waals surface area contributed by atoms with E-state index in [2.05, 4.69) is 67.6 Å². The Morgan fingerprint density at radius 2 is 1.92 bits per heavy atom. The van der Waals surface area contributed by atoms with Crippen molar-refractivity contribution in [3.05, 3.63) is 53.6 Å². The van der Waals surface area contributed by atoms with E-state index in [1.54, 1.807) is 0 Å². The van der Waals surface area contributed by atoms with Gasteiger partial charge in [-0.1, -0.05) is 39.0 Å². The third-order valence-electron chi connectivity index (χ3n) is 4.68. The third kappa shape index (κ3) is 3.09. The molecule has 0 amide bonds. The van der Waals surface area contributed by atoms with Gasteiger partial charge in [0.15, 0.2) is 6.10 Å². The van der Waals surface area contributed by atoms with E-state index < -0.39 is 0 Å². The largest absolute Gasteiger partial charge is 0.490 e. The van der Waals surface area contributed by atoms with Gasteiger partial charge < -0.3 is 9.47 Å². The predicted molar refractivity (Wildman–Crippen MR) is 99.5 cm³/mol. The molecule has 130 valence electrons. The van der Waals surface area contributed by atoms with E-state index in [0.717, 1.165) is 23.3 Å². The van der Waals surface area contributed by atoms with Crippen LogP contribution in [0.1, 0.15) is 31.9 Å². The van der Waals surface area contributed by atoms with Crippen LogP contribution in [-0.4, -0.2) is 22.3 Å². The average molecular weight is 336 g/mol. The van der Waals surface area contributed by atoms with E-state index in [9.17, 15) is 0 Å². The first-order chi connectivity index (χ1) is 11.9. The molecule has 0 N–H and O–H groups in total. The molecule has 0 fully saturated rings. The minimum Gasteiger partial charge on any atom is -0.490 e. The minimum absolute atomic E-state index is 0.00417. The molecule has 2 aromatic carbocycles. The Morgan fingerprint density at radius 3 is 2.64 bits per heavy atom. The Hall–Kier alpha value is -2.49. The number of imidazole rings is 1. The Kier molecular flexibility index (Phi) is 3.71. The van der Waals surface area contributed by atoms with E-state index in [4.69, 9.17) is 9.47 Å². The monoisotopic (exact) mass is 336 g/mol. The molecule has 0 unspecified atom stereocenters. The number of nitrogens with zero attached hydrogens (tertiary/aromatic N) is 2. The molecule has 25 heavy (non-hydrogen) atoms. The van der Waals surface area contributed by atoms with Crippen LogP contribution in [0.15, 0.2) is 42.5 Å². The van der Waals surface area contributed by atoms with Crippen LogP contribution in [0.25, 0.3) is 11.0 Å². The average Bonchev–Trinajstić information content (AvgIpc) is 3.09. The van der Waals surface area contributed by atoms with Crippen molar-refractivity contribution in [3.8, 4) is 11.8 Å². The van der Waals surface area contributed by atoms with Crippen LogP contribution in [0.3, 0.4) is 0 Å². The molecule has 0 bridgehead atoms. The Bertz CT molecular complexity index is 904. The maximum atomic E-state index is 5.96. The van der Waals surface area contributed by atoms with Gasteiger partial charge in [0.1, 0.15) is 12.4 Å². The minimum atomic E-state index is -0.00417. The molecule has 0 radical (unpaired) electrons. The topological polar surface area (TPSA) is 36.3 Å². The van der Waals surface area contributed by atoms with E-state index in [0.29, 0.717) is 12.6 Å². The molecule has 1 aliphatic rings. The van der Waals surface area contributed by atoms with Gasteiger partial charge in [0, 0.05) is 0 Å². The smallest absolute Gasteiger partial charge is 0.297 e. The molecule has 3 aromatic rings. The summed E-state index contributed by atoms with van der Waals surface area (Å²) in [4.78, 5) is 4.58. The standard InChI is InChI=1S/C21H24N2O2/c1-14-5-10-19-18(11-14)22-20-23(19)12-17(25-20)13-24-16-8-6-15(7-9-16)21(2,3)4/h5-11,17H,12-13H2,1-4H3/t17-/m0/s1. The summed E-state index contributed by atoms with van der Waals surface area (Å²) in [5, 5.41) is 0. The fourth-order valence-corrected chi connectivity index (χ4v) is 3.20. The molecule has 2 heterocycles. The highest BCUT2D eigenvalue weighted by molar-refractivity contribution is 5.77. The first-order valence-electron chi connectivity index (χ1n) is 8.77. The fourth-order valence-electron chi connectivity index (χ4n) is 3.20. The summed E-state index contributed by atoms with van der Waals surface area (Å²) < 4.78 is 14.0. The van der Waals surface area contributed by atoms with Crippen molar-refractivity contribution in [3.63, 3.8) is 0 Å². The lowest BCUT2D eigenvalue weighted by Gasteiger charge is -2.19. The van der Waals surface area contributed by atoms with E-state index in [1.165, 1.54) is 11.1 Å². The SMILES string of the molecule is Cc1ccc2c(c1)nc1n2C[C@@H](COc2ccc(C(C)(C)C)cc2)O1. The molecule has 0 spiro atoms. The summed E-state index contributed by atoms with van der Waals surface area (Å²) in [6, 6.07) is 15.3. The van der Waals surface area contributed by atoms with Crippen LogP contribution in [0, 0.1) is 6.92 Å². The molecular weight excluding hydrogens is 312 g/mol. The number of benzene rings is 2. The van der Waals surface area contributed by atoms with Crippen LogP contribution in [-0.2, 0) is 12.0 Å². The Morgan fingerprint density at radius 1 is 1.16 bits per heavy atom. The van der Waals surface area contributed by atoms with Crippen molar-refractivity contribution < 1.29 is 9.47 Å². The van der Waals surface area contributed by atoms with E-state index in [1.807, 2.05) is 12.1 Å². The van der Waals surface area contributed by atoms with Gasteiger partial charge in [-0.25, -0.2) is 0 Å². The second kappa shape index (κ2) is 5.80. The molecular formula is C21H24N2O2. The zero-order valence-corrected chi connectivity index (χ0v) is 15.2. The highest BCUT2D eigenvalue weighted by atomic mass is 16.6. The van der Waals surface area contributed by atoms with Crippen molar-refractivity contribution in [1.29, 1.82) is 0 Å². The number of hydrogen-bond donors (Lipinski definition) is 0. The van der Waals surface area contributed by atoms with Crippen LogP contribution in [0.4, 0.5) is 0 Å². The number of hydrogen-bond acceptors (Lipinski definition) is 3. The van der Waals surface area contributed by atoms with Gasteiger partial charge in [-0.05, 0) is 47.7 Å². The quantitative estimate of drug-likeness (QED) is 0.707. The lowest BCUT2D eigenvalue weighted by Crippen LogP contribution is -2.23. The van der Waals surface area contributed by atoms with Crippen LogP contribution >= 0.6 is 0 Å². The zero-order valence-electron chi connectivity index (χ0n) is 15.2. The van der Waals surface area contributed by atoms with Crippen molar-refractivity contribution in [1.82, 2.24) is 9.55 Å². The van der Waals surface area contributed by atoms with Crippen molar-refractivity contribution >= 4 is 11.0 Å². The maximum Gasteiger partial charge on any atom is 0.297 e. The van der Waals surface area contributed by atoms with Gasteiger partial charge in [-0.15, -0.1) is 0 Å². The molecule has 0 saturated heterocycles. The third-order valence-corrected chi connectivity index (χ3v) is 4.68. The van der Waals surface area contributed by atoms with Crippen molar-refractivity contribution in [2.75, 3.05) is 6.61 Å². The van der Waals surface area contributed by atoms with Crippen LogP contribution in [0.5, 0.6) is 11.8 Å². The number of aromatic nitrogens is 2. The first-order valence-corrected chi connectivity index (χ1v) is 8.77. The number of aryl methyl sites for hydroxylation is 1. The number of fused-ring (bicyclic) bond motifs is 3. The number of rotatable bonds is 3. The molecule has 4 rings (SSSR count). The number of ether oxygens (including phenoxy) is 2. The van der Waals surface area contributed by atoms with E-state index >= 15 is 0 Å². The second-order valence-corrected chi connectivity index (χ2v) is 7.82. The molecule has 1 aliphatic heterocycles. The summed E-state index contributed by atoms with van der Waals surface area (Å²) in [6.45, 7) is 10.0. The van der Waals surface area contributed by atoms with Crippen molar-refractivity contribution in [2.45, 2.75) is 45.8 Å². The lowest BCUT2D eigenvalue weighted by atomic mass is 9.87. The highest BCUT2D eigenvalue weighted by Gasteiger charge is 2.27. The summed E-state index contributed by atoms with van der Waals surface area (Å²) in [7, 11) is 0. The molecule has 4 nitrogen and oxygen atoms in total.